The van der Waals surface area contributed by atoms with Gasteiger partial charge in [0.15, 0.2) is 11.5 Å². The summed E-state index contributed by atoms with van der Waals surface area (Å²) in [5.74, 6) is 0.0897. The summed E-state index contributed by atoms with van der Waals surface area (Å²) in [5.41, 5.74) is 0.906. The van der Waals surface area contributed by atoms with E-state index in [-0.39, 0.29) is 22.2 Å². The standard InChI is InChI=1S/C21H24ClNO5/c1-5-27-17-12-11-16(18(13(3)4)19(17)28-6-2)23(21(25)26)20(24)14-9-7-8-10-15(14)22/h7-13H,5-6H2,1-4H3,(H,25,26). The van der Waals surface area contributed by atoms with Gasteiger partial charge in [-0.3, -0.25) is 4.79 Å². The molecule has 0 aliphatic heterocycles. The second-order valence-corrected chi connectivity index (χ2v) is 6.66. The van der Waals surface area contributed by atoms with Crippen LogP contribution in [0.3, 0.4) is 0 Å². The number of hydrogen-bond acceptors (Lipinski definition) is 4. The molecular formula is C21H24ClNO5. The van der Waals surface area contributed by atoms with Gasteiger partial charge in [-0.1, -0.05) is 37.6 Å². The molecule has 0 atom stereocenters. The van der Waals surface area contributed by atoms with E-state index >= 15 is 0 Å². The van der Waals surface area contributed by atoms with E-state index in [4.69, 9.17) is 21.1 Å². The number of imide groups is 1. The number of hydrogen-bond donors (Lipinski definition) is 1. The summed E-state index contributed by atoms with van der Waals surface area (Å²) < 4.78 is 11.4. The van der Waals surface area contributed by atoms with Gasteiger partial charge < -0.3 is 14.6 Å². The summed E-state index contributed by atoms with van der Waals surface area (Å²) in [5, 5.41) is 10.0. The Balaban J connectivity index is 2.70. The molecule has 0 aromatic heterocycles. The van der Waals surface area contributed by atoms with Gasteiger partial charge in [0, 0.05) is 5.56 Å². The fraction of sp³-hybridized carbons (Fsp3) is 0.333. The molecule has 150 valence electrons. The van der Waals surface area contributed by atoms with E-state index in [0.717, 1.165) is 0 Å². The lowest BCUT2D eigenvalue weighted by molar-refractivity contribution is 0.0983. The minimum atomic E-state index is -1.40. The Labute approximate surface area is 169 Å². The first-order valence-corrected chi connectivity index (χ1v) is 9.45. The van der Waals surface area contributed by atoms with Crippen LogP contribution in [-0.2, 0) is 0 Å². The zero-order valence-electron chi connectivity index (χ0n) is 16.4. The van der Waals surface area contributed by atoms with E-state index in [9.17, 15) is 14.7 Å². The topological polar surface area (TPSA) is 76.1 Å². The Morgan fingerprint density at radius 2 is 1.71 bits per heavy atom. The van der Waals surface area contributed by atoms with Crippen LogP contribution in [0.15, 0.2) is 36.4 Å². The van der Waals surface area contributed by atoms with Crippen molar-refractivity contribution in [1.82, 2.24) is 0 Å². The lowest BCUT2D eigenvalue weighted by Gasteiger charge is -2.26. The molecule has 2 rings (SSSR count). The maximum Gasteiger partial charge on any atom is 0.419 e. The summed E-state index contributed by atoms with van der Waals surface area (Å²) in [6.45, 7) is 8.28. The fourth-order valence-corrected chi connectivity index (χ4v) is 3.16. The maximum absolute atomic E-state index is 13.1. The van der Waals surface area contributed by atoms with Gasteiger partial charge in [0.2, 0.25) is 0 Å². The molecule has 0 bridgehead atoms. The second-order valence-electron chi connectivity index (χ2n) is 6.25. The van der Waals surface area contributed by atoms with E-state index in [2.05, 4.69) is 0 Å². The predicted molar refractivity (Wildman–Crippen MR) is 109 cm³/mol. The highest BCUT2D eigenvalue weighted by Crippen LogP contribution is 2.43. The van der Waals surface area contributed by atoms with E-state index in [1.165, 1.54) is 6.07 Å². The van der Waals surface area contributed by atoms with Crippen molar-refractivity contribution in [2.45, 2.75) is 33.6 Å². The first-order valence-electron chi connectivity index (χ1n) is 9.07. The first kappa shape index (κ1) is 21.6. The summed E-state index contributed by atoms with van der Waals surface area (Å²) >= 11 is 6.12. The molecule has 2 aromatic carbocycles. The van der Waals surface area contributed by atoms with Crippen molar-refractivity contribution in [3.63, 3.8) is 0 Å². The highest BCUT2D eigenvalue weighted by Gasteiger charge is 2.31. The minimum absolute atomic E-state index is 0.105. The molecule has 2 aromatic rings. The number of carboxylic acid groups (broad SMARTS) is 1. The van der Waals surface area contributed by atoms with Crippen LogP contribution in [-0.4, -0.2) is 30.3 Å². The highest BCUT2D eigenvalue weighted by molar-refractivity contribution is 6.35. The van der Waals surface area contributed by atoms with Crippen LogP contribution >= 0.6 is 11.6 Å². The molecule has 0 aliphatic carbocycles. The molecule has 0 saturated carbocycles. The van der Waals surface area contributed by atoms with Crippen LogP contribution in [0.4, 0.5) is 10.5 Å². The van der Waals surface area contributed by atoms with Crippen LogP contribution in [0.1, 0.15) is 49.5 Å². The smallest absolute Gasteiger partial charge is 0.419 e. The number of carbonyl (C=O) groups is 2. The third-order valence-electron chi connectivity index (χ3n) is 4.04. The van der Waals surface area contributed by atoms with Gasteiger partial charge in [-0.15, -0.1) is 0 Å². The SMILES string of the molecule is CCOc1ccc(N(C(=O)O)C(=O)c2ccccc2Cl)c(C(C)C)c1OCC. The van der Waals surface area contributed by atoms with Gasteiger partial charge in [-0.25, -0.2) is 9.69 Å². The molecule has 0 spiro atoms. The Morgan fingerprint density at radius 3 is 2.25 bits per heavy atom. The van der Waals surface area contributed by atoms with E-state index in [1.54, 1.807) is 30.3 Å². The fourth-order valence-electron chi connectivity index (χ4n) is 2.94. The lowest BCUT2D eigenvalue weighted by atomic mass is 9.98. The maximum atomic E-state index is 13.1. The molecule has 6 nitrogen and oxygen atoms in total. The van der Waals surface area contributed by atoms with E-state index in [1.807, 2.05) is 27.7 Å². The molecule has 1 N–H and O–H groups in total. The predicted octanol–water partition coefficient (Wildman–Crippen LogP) is 5.59. The Bertz CT molecular complexity index is 866. The molecule has 0 aliphatic rings. The molecule has 0 heterocycles. The summed E-state index contributed by atoms with van der Waals surface area (Å²) in [4.78, 5) is 25.8. The number of anilines is 1. The largest absolute Gasteiger partial charge is 0.490 e. The van der Waals surface area contributed by atoms with Gasteiger partial charge in [0.1, 0.15) is 0 Å². The van der Waals surface area contributed by atoms with Crippen molar-refractivity contribution >= 4 is 29.3 Å². The monoisotopic (exact) mass is 405 g/mol. The Morgan fingerprint density at radius 1 is 1.07 bits per heavy atom. The number of halogens is 1. The number of rotatable bonds is 7. The number of benzene rings is 2. The van der Waals surface area contributed by atoms with Gasteiger partial charge in [0.05, 0.1) is 29.5 Å². The van der Waals surface area contributed by atoms with E-state index < -0.39 is 12.0 Å². The van der Waals surface area contributed by atoms with Gasteiger partial charge in [0.25, 0.3) is 5.91 Å². The molecule has 0 saturated heterocycles. The van der Waals surface area contributed by atoms with Crippen molar-refractivity contribution in [2.75, 3.05) is 18.1 Å². The number of amides is 2. The lowest BCUT2D eigenvalue weighted by Crippen LogP contribution is -2.37. The average Bonchev–Trinajstić information content (AvgIpc) is 2.63. The first-order chi connectivity index (χ1) is 13.3. The zero-order chi connectivity index (χ0) is 20.8. The van der Waals surface area contributed by atoms with Crippen LogP contribution in [0.25, 0.3) is 0 Å². The molecule has 2 amide bonds. The zero-order valence-corrected chi connectivity index (χ0v) is 17.1. The van der Waals surface area contributed by atoms with Crippen LogP contribution in [0, 0.1) is 0 Å². The van der Waals surface area contributed by atoms with Gasteiger partial charge >= 0.3 is 6.09 Å². The second kappa shape index (κ2) is 9.46. The van der Waals surface area contributed by atoms with Crippen LogP contribution in [0.2, 0.25) is 5.02 Å². The van der Waals surface area contributed by atoms with Crippen molar-refractivity contribution < 1.29 is 24.2 Å². The average molecular weight is 406 g/mol. The van der Waals surface area contributed by atoms with Crippen molar-refractivity contribution in [1.29, 1.82) is 0 Å². The minimum Gasteiger partial charge on any atom is -0.490 e. The normalized spacial score (nSPS) is 10.6. The molecule has 0 unspecified atom stereocenters. The third kappa shape index (κ3) is 4.39. The van der Waals surface area contributed by atoms with Crippen molar-refractivity contribution in [3.8, 4) is 11.5 Å². The molecule has 0 fully saturated rings. The number of ether oxygens (including phenoxy) is 2. The van der Waals surface area contributed by atoms with Crippen molar-refractivity contribution in [3.05, 3.63) is 52.5 Å². The van der Waals surface area contributed by atoms with Crippen LogP contribution < -0.4 is 14.4 Å². The van der Waals surface area contributed by atoms with Gasteiger partial charge in [-0.05, 0) is 44.0 Å². The van der Waals surface area contributed by atoms with Crippen LogP contribution in [0.5, 0.6) is 11.5 Å². The molecule has 7 heteroatoms. The summed E-state index contributed by atoms with van der Waals surface area (Å²) in [7, 11) is 0. The quantitative estimate of drug-likeness (QED) is 0.650. The summed E-state index contributed by atoms with van der Waals surface area (Å²) in [6, 6.07) is 9.52. The van der Waals surface area contributed by atoms with E-state index in [0.29, 0.717) is 35.2 Å². The number of carbonyl (C=O) groups excluding carboxylic acids is 1. The molecule has 0 radical (unpaired) electrons. The Kier molecular flexibility index (Phi) is 7.29. The number of nitrogens with zero attached hydrogens (tertiary/aromatic N) is 1. The highest BCUT2D eigenvalue weighted by atomic mass is 35.5. The summed E-state index contributed by atoms with van der Waals surface area (Å²) in [6.07, 6.45) is -1.40. The molecule has 28 heavy (non-hydrogen) atoms. The third-order valence-corrected chi connectivity index (χ3v) is 4.37. The molecular weight excluding hydrogens is 382 g/mol. The van der Waals surface area contributed by atoms with Crippen molar-refractivity contribution in [2.24, 2.45) is 0 Å². The van der Waals surface area contributed by atoms with Gasteiger partial charge in [-0.2, -0.15) is 0 Å². The Hall–Kier alpha value is -2.73.